The number of aromatic nitrogens is 2. The summed E-state index contributed by atoms with van der Waals surface area (Å²) in [6.45, 7) is 0. The summed E-state index contributed by atoms with van der Waals surface area (Å²) < 4.78 is 259. The van der Waals surface area contributed by atoms with Gasteiger partial charge in [-0.3, -0.25) is 0 Å². The molecule has 0 radical (unpaired) electrons. The zero-order chi connectivity index (χ0) is 46.9. The zero-order valence-corrected chi connectivity index (χ0v) is 31.0. The van der Waals surface area contributed by atoms with Gasteiger partial charge in [-0.05, 0) is 103 Å². The fraction of sp³-hybridized carbons (Fsp3) is 0.140. The number of alkyl halides is 18. The largest absolute Gasteiger partial charge is 0.417 e. The molecule has 330 valence electrons. The molecule has 0 saturated carbocycles. The smallest absolute Gasteiger partial charge is 0.308 e. The Morgan fingerprint density at radius 2 is 0.641 bits per heavy atom. The van der Waals surface area contributed by atoms with Crippen LogP contribution in [0, 0.1) is 11.3 Å². The molecule has 21 heteroatoms. The summed E-state index contributed by atoms with van der Waals surface area (Å²) in [5, 5.41) is 8.53. The Morgan fingerprint density at radius 1 is 0.359 bits per heavy atom. The Bertz CT molecular complexity index is 2910. The number of hydrogen-bond donors (Lipinski definition) is 0. The number of rotatable bonds is 3. The van der Waals surface area contributed by atoms with E-state index in [1.165, 1.54) is 0 Å². The minimum absolute atomic E-state index is 0.262. The molecule has 0 fully saturated rings. The van der Waals surface area contributed by atoms with Gasteiger partial charge in [0.25, 0.3) is 0 Å². The first kappa shape index (κ1) is 43.8. The van der Waals surface area contributed by atoms with Crippen molar-refractivity contribution in [3.05, 3.63) is 142 Å². The van der Waals surface area contributed by atoms with Crippen LogP contribution in [-0.2, 0) is 37.1 Å². The third-order valence-corrected chi connectivity index (χ3v) is 10.5. The Morgan fingerprint density at radius 3 is 0.875 bits per heavy atom. The monoisotopic (exact) mass is 917 g/mol. The standard InChI is InChI=1S/C43H17F18N3/c44-38(45,46)20-4-8-31-24(14-20)25-15-21(39(47,48)49)5-9-32(25)63(31)35-12-19(37-29(42(56,57)58)2-1-3-30(37)43(59,60)61)13-36(28(35)18-62)64-33-10-6-22(40(50,51)52)16-26(33)27-17-23(41(53,54)55)7-11-34(27)64/h1-17H. The number of nitriles is 1. The molecule has 0 atom stereocenters. The first-order valence-corrected chi connectivity index (χ1v) is 17.8. The molecule has 0 spiro atoms. The van der Waals surface area contributed by atoms with E-state index in [9.17, 15) is 84.3 Å². The molecule has 0 N–H and O–H groups in total. The lowest BCUT2D eigenvalue weighted by Crippen LogP contribution is -2.15. The molecule has 0 aliphatic heterocycles. The average Bonchev–Trinajstić information content (AvgIpc) is 3.69. The number of halogens is 18. The summed E-state index contributed by atoms with van der Waals surface area (Å²) in [7, 11) is 0. The highest BCUT2D eigenvalue weighted by atomic mass is 19.4. The number of fused-ring (bicyclic) bond motifs is 6. The highest BCUT2D eigenvalue weighted by Gasteiger charge is 2.42. The van der Waals surface area contributed by atoms with Gasteiger partial charge < -0.3 is 9.13 Å². The lowest BCUT2D eigenvalue weighted by molar-refractivity contribution is -0.142. The summed E-state index contributed by atoms with van der Waals surface area (Å²) in [5.74, 6) is 0. The molecule has 2 aromatic heterocycles. The molecule has 0 unspecified atom stereocenters. The molecule has 3 nitrogen and oxygen atoms in total. The van der Waals surface area contributed by atoms with Gasteiger partial charge in [-0.2, -0.15) is 84.3 Å². The van der Waals surface area contributed by atoms with Gasteiger partial charge in [0, 0.05) is 27.1 Å². The summed E-state index contributed by atoms with van der Waals surface area (Å²) >= 11 is 0. The van der Waals surface area contributed by atoms with Gasteiger partial charge in [0.2, 0.25) is 0 Å². The molecular formula is C43H17F18N3. The number of benzene rings is 6. The van der Waals surface area contributed by atoms with E-state index < -0.39 is 142 Å². The predicted molar refractivity (Wildman–Crippen MR) is 195 cm³/mol. The lowest BCUT2D eigenvalue weighted by atomic mass is 9.91. The fourth-order valence-corrected chi connectivity index (χ4v) is 7.83. The number of hydrogen-bond acceptors (Lipinski definition) is 1. The van der Waals surface area contributed by atoms with Crippen LogP contribution in [0.5, 0.6) is 0 Å². The van der Waals surface area contributed by atoms with Crippen molar-refractivity contribution in [2.24, 2.45) is 0 Å². The molecule has 64 heavy (non-hydrogen) atoms. The van der Waals surface area contributed by atoms with Crippen molar-refractivity contribution in [1.29, 1.82) is 5.26 Å². The minimum atomic E-state index is -5.57. The lowest BCUT2D eigenvalue weighted by Gasteiger charge is -2.22. The van der Waals surface area contributed by atoms with Gasteiger partial charge in [0.15, 0.2) is 0 Å². The van der Waals surface area contributed by atoms with Crippen LogP contribution in [0.15, 0.2) is 103 Å². The van der Waals surface area contributed by atoms with Crippen molar-refractivity contribution in [3.8, 4) is 28.6 Å². The summed E-state index contributed by atoms with van der Waals surface area (Å²) in [5.41, 5.74) is -16.3. The van der Waals surface area contributed by atoms with Crippen molar-refractivity contribution in [2.75, 3.05) is 0 Å². The SMILES string of the molecule is N#Cc1c(-n2c3ccc(C(F)(F)F)cc3c3cc(C(F)(F)F)ccc32)cc(-c2c(C(F)(F)F)cccc2C(F)(F)F)cc1-n1c2ccc(C(F)(F)F)cc2c2cc(C(F)(F)F)ccc21. The fourth-order valence-electron chi connectivity index (χ4n) is 7.83. The second kappa shape index (κ2) is 14.1. The zero-order valence-electron chi connectivity index (χ0n) is 31.0. The van der Waals surface area contributed by atoms with E-state index >= 15 is 0 Å². The normalized spacial score (nSPS) is 13.5. The highest BCUT2D eigenvalue weighted by molar-refractivity contribution is 6.12. The van der Waals surface area contributed by atoms with Crippen LogP contribution in [-0.4, -0.2) is 9.13 Å². The van der Waals surface area contributed by atoms with Crippen LogP contribution in [0.3, 0.4) is 0 Å². The maximum Gasteiger partial charge on any atom is 0.417 e. The second-order valence-corrected chi connectivity index (χ2v) is 14.3. The average molecular weight is 918 g/mol. The molecule has 2 heterocycles. The molecule has 6 aromatic carbocycles. The van der Waals surface area contributed by atoms with Crippen LogP contribution >= 0.6 is 0 Å². The van der Waals surface area contributed by atoms with E-state index in [0.29, 0.717) is 66.7 Å². The molecular weight excluding hydrogens is 900 g/mol. The van der Waals surface area contributed by atoms with Crippen LogP contribution < -0.4 is 0 Å². The number of nitrogens with zero attached hydrogens (tertiary/aromatic N) is 3. The van der Waals surface area contributed by atoms with Gasteiger partial charge >= 0.3 is 37.1 Å². The molecule has 8 rings (SSSR count). The summed E-state index contributed by atoms with van der Waals surface area (Å²) in [6, 6.07) is 10.3. The Kier molecular flexibility index (Phi) is 9.63. The third kappa shape index (κ3) is 7.27. The van der Waals surface area contributed by atoms with E-state index in [4.69, 9.17) is 0 Å². The van der Waals surface area contributed by atoms with Gasteiger partial charge in [-0.15, -0.1) is 0 Å². The van der Waals surface area contributed by atoms with Crippen molar-refractivity contribution in [1.82, 2.24) is 9.13 Å². The van der Waals surface area contributed by atoms with E-state index in [2.05, 4.69) is 0 Å². The maximum atomic E-state index is 14.8. The van der Waals surface area contributed by atoms with E-state index in [0.717, 1.165) is 33.4 Å². The topological polar surface area (TPSA) is 33.6 Å². The van der Waals surface area contributed by atoms with E-state index in [-0.39, 0.29) is 12.1 Å². The van der Waals surface area contributed by atoms with Gasteiger partial charge in [-0.25, -0.2) is 0 Å². The van der Waals surface area contributed by atoms with Crippen molar-refractivity contribution >= 4 is 43.6 Å². The van der Waals surface area contributed by atoms with Crippen LogP contribution in [0.1, 0.15) is 38.9 Å². The van der Waals surface area contributed by atoms with Gasteiger partial charge in [0.1, 0.15) is 11.6 Å². The first-order chi connectivity index (χ1) is 29.5. The van der Waals surface area contributed by atoms with Crippen LogP contribution in [0.25, 0.3) is 66.1 Å². The highest BCUT2D eigenvalue weighted by Crippen LogP contribution is 2.49. The Balaban J connectivity index is 1.62. The van der Waals surface area contributed by atoms with Crippen molar-refractivity contribution in [2.45, 2.75) is 37.1 Å². The second-order valence-electron chi connectivity index (χ2n) is 14.3. The van der Waals surface area contributed by atoms with Gasteiger partial charge in [0.05, 0.1) is 66.8 Å². The van der Waals surface area contributed by atoms with Crippen LogP contribution in [0.4, 0.5) is 79.0 Å². The first-order valence-electron chi connectivity index (χ1n) is 17.8. The maximum absolute atomic E-state index is 14.8. The van der Waals surface area contributed by atoms with E-state index in [1.54, 1.807) is 6.07 Å². The molecule has 0 aliphatic rings. The Labute approximate surface area is 344 Å². The van der Waals surface area contributed by atoms with Crippen molar-refractivity contribution in [3.63, 3.8) is 0 Å². The van der Waals surface area contributed by atoms with E-state index in [1.807, 2.05) is 0 Å². The van der Waals surface area contributed by atoms with Crippen molar-refractivity contribution < 1.29 is 79.0 Å². The molecule has 0 bridgehead atoms. The van der Waals surface area contributed by atoms with Gasteiger partial charge in [-0.1, -0.05) is 6.07 Å². The molecule has 0 amide bonds. The summed E-state index contributed by atoms with van der Waals surface area (Å²) in [4.78, 5) is 0. The molecule has 8 aromatic rings. The quantitative estimate of drug-likeness (QED) is 0.163. The Hall–Kier alpha value is -6.85. The molecule has 0 aliphatic carbocycles. The minimum Gasteiger partial charge on any atom is -0.308 e. The summed E-state index contributed by atoms with van der Waals surface area (Å²) in [6.07, 6.45) is -31.6. The van der Waals surface area contributed by atoms with Crippen LogP contribution in [0.2, 0.25) is 0 Å². The molecule has 0 saturated heterocycles. The third-order valence-electron chi connectivity index (χ3n) is 10.5. The predicted octanol–water partition coefficient (Wildman–Crippen LogP) is 15.5.